The summed E-state index contributed by atoms with van der Waals surface area (Å²) in [5, 5.41) is 6.61. The normalized spacial score (nSPS) is 19.0. The van der Waals surface area contributed by atoms with E-state index in [1.54, 1.807) is 16.2 Å². The molecule has 3 amide bonds. The number of aromatic nitrogens is 1. The third-order valence-corrected chi connectivity index (χ3v) is 5.93. The third kappa shape index (κ3) is 3.76. The Balaban J connectivity index is 1.40. The molecule has 2 aliphatic heterocycles. The number of aryl methyl sites for hydroxylation is 3. The molecule has 8 nitrogen and oxygen atoms in total. The fraction of sp³-hybridized carbons (Fsp3) is 0.625. The first-order valence-corrected chi connectivity index (χ1v) is 9.34. The molecule has 0 aliphatic carbocycles. The average molecular weight is 364 g/mol. The van der Waals surface area contributed by atoms with Crippen LogP contribution < -0.4 is 16.4 Å². The van der Waals surface area contributed by atoms with E-state index in [0.29, 0.717) is 32.5 Å². The number of amides is 3. The van der Waals surface area contributed by atoms with Gasteiger partial charge in [0, 0.05) is 30.9 Å². The fourth-order valence-electron chi connectivity index (χ4n) is 3.15. The molecule has 9 heteroatoms. The van der Waals surface area contributed by atoms with Gasteiger partial charge in [-0.3, -0.25) is 10.1 Å². The number of hydrogen-bond acceptors (Lipinski definition) is 6. The van der Waals surface area contributed by atoms with Gasteiger partial charge in [0.05, 0.1) is 10.7 Å². The number of carbonyl (C=O) groups is 2. The minimum absolute atomic E-state index is 0.0864. The highest BCUT2D eigenvalue weighted by Crippen LogP contribution is 2.29. The summed E-state index contributed by atoms with van der Waals surface area (Å²) in [7, 11) is 0. The molecule has 1 saturated heterocycles. The summed E-state index contributed by atoms with van der Waals surface area (Å²) in [6, 6.07) is -0.0864. The number of rotatable bonds is 4. The van der Waals surface area contributed by atoms with Gasteiger partial charge in [-0.2, -0.15) is 0 Å². The Bertz CT molecular complexity index is 686. The Morgan fingerprint density at radius 2 is 2.12 bits per heavy atom. The van der Waals surface area contributed by atoms with Gasteiger partial charge < -0.3 is 16.0 Å². The molecule has 3 heterocycles. The number of piperidine rings is 1. The van der Waals surface area contributed by atoms with E-state index in [0.717, 1.165) is 23.5 Å². The molecular formula is C16H24N6O2S. The lowest BCUT2D eigenvalue weighted by atomic mass is 9.88. The van der Waals surface area contributed by atoms with Gasteiger partial charge in [0.15, 0.2) is 5.96 Å². The summed E-state index contributed by atoms with van der Waals surface area (Å²) in [4.78, 5) is 36.0. The molecule has 0 unspecified atom stereocenters. The van der Waals surface area contributed by atoms with Crippen molar-refractivity contribution in [1.29, 1.82) is 0 Å². The number of urea groups is 1. The lowest BCUT2D eigenvalue weighted by Crippen LogP contribution is -2.52. The second-order valence-electron chi connectivity index (χ2n) is 6.55. The molecule has 0 saturated carbocycles. The van der Waals surface area contributed by atoms with E-state index in [2.05, 4.69) is 27.5 Å². The van der Waals surface area contributed by atoms with Crippen molar-refractivity contribution in [2.45, 2.75) is 45.1 Å². The highest BCUT2D eigenvalue weighted by molar-refractivity contribution is 7.11. The number of hydrogen-bond donors (Lipinski definition) is 3. The number of carbonyl (C=O) groups excluding carboxylic acids is 2. The molecule has 136 valence electrons. The van der Waals surface area contributed by atoms with Crippen LogP contribution in [0.25, 0.3) is 0 Å². The Morgan fingerprint density at radius 1 is 1.40 bits per heavy atom. The van der Waals surface area contributed by atoms with Crippen LogP contribution in [0.3, 0.4) is 0 Å². The van der Waals surface area contributed by atoms with Crippen LogP contribution in [0, 0.1) is 13.8 Å². The molecule has 0 atom stereocenters. The molecule has 3 rings (SSSR count). The Labute approximate surface area is 150 Å². The Morgan fingerprint density at radius 3 is 2.68 bits per heavy atom. The van der Waals surface area contributed by atoms with Crippen molar-refractivity contribution in [2.75, 3.05) is 19.6 Å². The number of nitrogens with zero attached hydrogens (tertiary/aromatic N) is 3. The van der Waals surface area contributed by atoms with Crippen LogP contribution in [0.1, 0.15) is 34.8 Å². The van der Waals surface area contributed by atoms with Crippen LogP contribution in [0.5, 0.6) is 0 Å². The number of thiazole rings is 1. The zero-order chi connectivity index (χ0) is 18.0. The molecule has 1 fully saturated rings. The molecule has 4 N–H and O–H groups in total. The standard InChI is InChI=1S/C16H24N6O2S/c1-10-11(2)25-12(19-10)4-3-7-18-15(24)22-8-5-16(6-9-22)13(23)20-14(17)21-16/h3-9H2,1-2H3,(H,18,24)(H3,17,20,21,23). The molecule has 2 aliphatic rings. The monoisotopic (exact) mass is 364 g/mol. The van der Waals surface area contributed by atoms with E-state index in [1.165, 1.54) is 4.88 Å². The van der Waals surface area contributed by atoms with Gasteiger partial charge in [0.1, 0.15) is 5.54 Å². The van der Waals surface area contributed by atoms with Crippen molar-refractivity contribution in [3.05, 3.63) is 15.6 Å². The summed E-state index contributed by atoms with van der Waals surface area (Å²) in [6.07, 6.45) is 2.74. The number of guanidine groups is 1. The van der Waals surface area contributed by atoms with E-state index < -0.39 is 5.54 Å². The topological polar surface area (TPSA) is 113 Å². The van der Waals surface area contributed by atoms with Gasteiger partial charge in [-0.15, -0.1) is 11.3 Å². The highest BCUT2D eigenvalue weighted by Gasteiger charge is 2.45. The largest absolute Gasteiger partial charge is 0.370 e. The molecule has 0 aromatic carbocycles. The van der Waals surface area contributed by atoms with Crippen LogP contribution in [0.4, 0.5) is 4.79 Å². The smallest absolute Gasteiger partial charge is 0.317 e. The van der Waals surface area contributed by atoms with Crippen LogP contribution in [-0.4, -0.2) is 53.0 Å². The maximum atomic E-state index is 12.3. The minimum atomic E-state index is -0.776. The first-order valence-electron chi connectivity index (χ1n) is 8.52. The quantitative estimate of drug-likeness (QED) is 0.682. The van der Waals surface area contributed by atoms with Gasteiger partial charge in [-0.05, 0) is 33.1 Å². The molecule has 1 aromatic heterocycles. The molecule has 1 aromatic rings. The lowest BCUT2D eigenvalue weighted by molar-refractivity contribution is -0.125. The molecule has 0 bridgehead atoms. The molecule has 25 heavy (non-hydrogen) atoms. The van der Waals surface area contributed by atoms with Gasteiger partial charge in [0.2, 0.25) is 0 Å². The average Bonchev–Trinajstić information content (AvgIpc) is 3.03. The van der Waals surface area contributed by atoms with Gasteiger partial charge in [-0.25, -0.2) is 14.8 Å². The van der Waals surface area contributed by atoms with Crippen LogP contribution in [0.15, 0.2) is 4.99 Å². The highest BCUT2D eigenvalue weighted by atomic mass is 32.1. The summed E-state index contributed by atoms with van der Waals surface area (Å²) >= 11 is 1.72. The predicted molar refractivity (Wildman–Crippen MR) is 96.6 cm³/mol. The fourth-order valence-corrected chi connectivity index (χ4v) is 4.13. The molecular weight excluding hydrogens is 340 g/mol. The number of nitrogens with two attached hydrogens (primary N) is 1. The van der Waals surface area contributed by atoms with E-state index in [1.807, 2.05) is 6.92 Å². The van der Waals surface area contributed by atoms with E-state index in [4.69, 9.17) is 5.73 Å². The maximum absolute atomic E-state index is 12.3. The summed E-state index contributed by atoms with van der Waals surface area (Å²) < 4.78 is 0. The van der Waals surface area contributed by atoms with Crippen molar-refractivity contribution >= 4 is 29.2 Å². The van der Waals surface area contributed by atoms with Crippen molar-refractivity contribution in [1.82, 2.24) is 20.5 Å². The van der Waals surface area contributed by atoms with Crippen molar-refractivity contribution < 1.29 is 9.59 Å². The zero-order valence-electron chi connectivity index (χ0n) is 14.6. The van der Waals surface area contributed by atoms with E-state index in [-0.39, 0.29) is 17.9 Å². The number of nitrogens with one attached hydrogen (secondary N) is 2. The molecule has 0 radical (unpaired) electrons. The second-order valence-corrected chi connectivity index (χ2v) is 7.84. The summed E-state index contributed by atoms with van der Waals surface area (Å²) in [5.74, 6) is 0.0228. The number of likely N-dealkylation sites (tertiary alicyclic amines) is 1. The van der Waals surface area contributed by atoms with Gasteiger partial charge in [0.25, 0.3) is 5.91 Å². The summed E-state index contributed by atoms with van der Waals surface area (Å²) in [6.45, 7) is 5.71. The first kappa shape index (κ1) is 17.7. The van der Waals surface area contributed by atoms with Gasteiger partial charge in [-0.1, -0.05) is 0 Å². The summed E-state index contributed by atoms with van der Waals surface area (Å²) in [5.41, 5.74) is 5.90. The zero-order valence-corrected chi connectivity index (χ0v) is 15.4. The van der Waals surface area contributed by atoms with Crippen LogP contribution >= 0.6 is 11.3 Å². The molecule has 1 spiro atoms. The van der Waals surface area contributed by atoms with Crippen molar-refractivity contribution in [3.8, 4) is 0 Å². The Hall–Kier alpha value is -2.16. The first-order chi connectivity index (χ1) is 11.9. The number of aliphatic imine (C=N–C) groups is 1. The minimum Gasteiger partial charge on any atom is -0.370 e. The van der Waals surface area contributed by atoms with Gasteiger partial charge >= 0.3 is 6.03 Å². The van der Waals surface area contributed by atoms with Crippen LogP contribution in [-0.2, 0) is 11.2 Å². The van der Waals surface area contributed by atoms with E-state index >= 15 is 0 Å². The van der Waals surface area contributed by atoms with Crippen molar-refractivity contribution in [3.63, 3.8) is 0 Å². The third-order valence-electron chi connectivity index (χ3n) is 4.79. The SMILES string of the molecule is Cc1nc(CCCNC(=O)N2CCC3(CC2)N=C(N)NC3=O)sc1C. The van der Waals surface area contributed by atoms with Crippen LogP contribution in [0.2, 0.25) is 0 Å². The maximum Gasteiger partial charge on any atom is 0.317 e. The second kappa shape index (κ2) is 6.99. The predicted octanol–water partition coefficient (Wildman–Crippen LogP) is 0.681. The van der Waals surface area contributed by atoms with E-state index in [9.17, 15) is 9.59 Å². The lowest BCUT2D eigenvalue weighted by Gasteiger charge is -2.35. The Kier molecular flexibility index (Phi) is 4.94. The van der Waals surface area contributed by atoms with Crippen molar-refractivity contribution in [2.24, 2.45) is 10.7 Å².